The molecule has 16 heavy (non-hydrogen) atoms. The second-order valence-corrected chi connectivity index (χ2v) is 2.47. The van der Waals surface area contributed by atoms with Gasteiger partial charge in [0.15, 0.2) is 0 Å². The first kappa shape index (κ1) is 16.8. The van der Waals surface area contributed by atoms with Crippen molar-refractivity contribution in [3.8, 4) is 0 Å². The Balaban J connectivity index is 0. The molecule has 2 aromatic rings. The summed E-state index contributed by atoms with van der Waals surface area (Å²) >= 11 is 0. The third-order valence-corrected chi connectivity index (χ3v) is 1.29. The van der Waals surface area contributed by atoms with Crippen LogP contribution in [0.5, 0.6) is 0 Å². The summed E-state index contributed by atoms with van der Waals surface area (Å²) in [4.78, 5) is 9.25. The van der Waals surface area contributed by atoms with Crippen molar-refractivity contribution in [3.05, 3.63) is 73.3 Å². The molecular formula is C13H14FeO2. The van der Waals surface area contributed by atoms with Crippen LogP contribution in [0.4, 0.5) is 0 Å². The smallest absolute Gasteiger partial charge is 0.478 e. The normalized spacial score (nSPS) is 7.00. The number of aliphatic carboxylic acids is 1. The predicted octanol–water partition coefficient (Wildman–Crippen LogP) is 3.07. The van der Waals surface area contributed by atoms with E-state index in [0.29, 0.717) is 0 Å². The summed E-state index contributed by atoms with van der Waals surface area (Å²) in [6.45, 7) is 2.96. The van der Waals surface area contributed by atoms with Crippen LogP contribution in [0.2, 0.25) is 0 Å². The van der Waals surface area contributed by atoms with Crippen molar-refractivity contribution >= 4 is 5.97 Å². The van der Waals surface area contributed by atoms with Crippen molar-refractivity contribution in [2.24, 2.45) is 0 Å². The van der Waals surface area contributed by atoms with Gasteiger partial charge in [-0.1, -0.05) is 6.58 Å². The van der Waals surface area contributed by atoms with Gasteiger partial charge >= 0.3 is 23.0 Å². The molecule has 0 aliphatic rings. The van der Waals surface area contributed by atoms with E-state index < -0.39 is 5.97 Å². The molecule has 86 valence electrons. The minimum absolute atomic E-state index is 0. The SMILES string of the molecule is C=CC(=O)O.[Fe+2].c1cc[cH-]c1.c1cc[cH-]c1. The Bertz CT molecular complexity index is 262. The van der Waals surface area contributed by atoms with Gasteiger partial charge in [-0.25, -0.2) is 29.1 Å². The molecule has 2 rings (SSSR count). The van der Waals surface area contributed by atoms with Crippen LogP contribution in [0.3, 0.4) is 0 Å². The molecule has 0 spiro atoms. The molecule has 0 aliphatic heterocycles. The molecule has 2 aromatic carbocycles. The first-order chi connectivity index (χ1) is 7.27. The third-order valence-electron chi connectivity index (χ3n) is 1.29. The average Bonchev–Trinajstić information content (AvgIpc) is 2.96. The van der Waals surface area contributed by atoms with Crippen molar-refractivity contribution in [2.75, 3.05) is 0 Å². The number of hydrogen-bond acceptors (Lipinski definition) is 1. The first-order valence-corrected chi connectivity index (χ1v) is 4.46. The summed E-state index contributed by atoms with van der Waals surface area (Å²) in [6.07, 6.45) is 0.833. The van der Waals surface area contributed by atoms with Gasteiger partial charge in [0, 0.05) is 6.08 Å². The Hall–Kier alpha value is -1.57. The standard InChI is InChI=1S/2C5H5.C3H4O2.Fe/c2*1-2-4-5-3-1;1-2-3(4)5;/h2*1-5H;2H,1H2,(H,4,5);/q2*-1;;+2. The number of rotatable bonds is 1. The van der Waals surface area contributed by atoms with E-state index in [4.69, 9.17) is 5.11 Å². The summed E-state index contributed by atoms with van der Waals surface area (Å²) in [7, 11) is 0. The third kappa shape index (κ3) is 14.9. The van der Waals surface area contributed by atoms with Crippen molar-refractivity contribution in [3.63, 3.8) is 0 Å². The molecule has 0 fully saturated rings. The molecule has 3 heteroatoms. The maximum atomic E-state index is 9.25. The van der Waals surface area contributed by atoms with Crippen molar-refractivity contribution < 1.29 is 27.0 Å². The summed E-state index contributed by atoms with van der Waals surface area (Å²) in [6, 6.07) is 20.0. The van der Waals surface area contributed by atoms with Crippen LogP contribution in [0.15, 0.2) is 73.3 Å². The van der Waals surface area contributed by atoms with Gasteiger partial charge in [-0.2, -0.15) is 36.4 Å². The van der Waals surface area contributed by atoms with E-state index in [1.807, 2.05) is 60.7 Å². The quantitative estimate of drug-likeness (QED) is 0.485. The Labute approximate surface area is 106 Å². The van der Waals surface area contributed by atoms with Crippen LogP contribution in [0.1, 0.15) is 0 Å². The van der Waals surface area contributed by atoms with Crippen LogP contribution < -0.4 is 0 Å². The Morgan fingerprint density at radius 3 is 1.31 bits per heavy atom. The van der Waals surface area contributed by atoms with E-state index in [9.17, 15) is 4.79 Å². The zero-order valence-corrected chi connectivity index (χ0v) is 9.87. The largest absolute Gasteiger partial charge is 2.00 e. The van der Waals surface area contributed by atoms with Gasteiger partial charge < -0.3 is 5.11 Å². The second-order valence-electron chi connectivity index (χ2n) is 2.47. The van der Waals surface area contributed by atoms with Gasteiger partial charge in [-0.15, -0.1) is 0 Å². The van der Waals surface area contributed by atoms with E-state index in [1.165, 1.54) is 0 Å². The van der Waals surface area contributed by atoms with Gasteiger partial charge in [0.1, 0.15) is 0 Å². The molecule has 0 amide bonds. The van der Waals surface area contributed by atoms with Gasteiger partial charge in [0.05, 0.1) is 0 Å². The summed E-state index contributed by atoms with van der Waals surface area (Å²) < 4.78 is 0. The van der Waals surface area contributed by atoms with E-state index in [2.05, 4.69) is 6.58 Å². The molecule has 0 aliphatic carbocycles. The first-order valence-electron chi connectivity index (χ1n) is 4.46. The summed E-state index contributed by atoms with van der Waals surface area (Å²) in [5, 5.41) is 7.60. The average molecular weight is 258 g/mol. The zero-order valence-electron chi connectivity index (χ0n) is 8.77. The zero-order chi connectivity index (χ0) is 11.4. The molecule has 2 nitrogen and oxygen atoms in total. The van der Waals surface area contributed by atoms with Crippen molar-refractivity contribution in [2.45, 2.75) is 0 Å². The number of carboxylic acid groups (broad SMARTS) is 1. The summed E-state index contributed by atoms with van der Waals surface area (Å²) in [5.41, 5.74) is 0. The number of hydrogen-bond donors (Lipinski definition) is 1. The van der Waals surface area contributed by atoms with E-state index >= 15 is 0 Å². The molecule has 0 aromatic heterocycles. The molecular weight excluding hydrogens is 244 g/mol. The van der Waals surface area contributed by atoms with Crippen LogP contribution in [-0.2, 0) is 21.9 Å². The molecule has 0 saturated carbocycles. The monoisotopic (exact) mass is 258 g/mol. The number of carboxylic acids is 1. The van der Waals surface area contributed by atoms with Gasteiger partial charge in [-0.05, 0) is 0 Å². The predicted molar refractivity (Wildman–Crippen MR) is 61.9 cm³/mol. The molecule has 1 N–H and O–H groups in total. The molecule has 0 heterocycles. The fourth-order valence-corrected chi connectivity index (χ4v) is 0.642. The van der Waals surface area contributed by atoms with E-state index in [-0.39, 0.29) is 17.1 Å². The number of carbonyl (C=O) groups is 1. The minimum atomic E-state index is -0.981. The van der Waals surface area contributed by atoms with E-state index in [1.54, 1.807) is 0 Å². The van der Waals surface area contributed by atoms with E-state index in [0.717, 1.165) is 6.08 Å². The van der Waals surface area contributed by atoms with Gasteiger partial charge in [0.2, 0.25) is 0 Å². The summed E-state index contributed by atoms with van der Waals surface area (Å²) in [5.74, 6) is -0.981. The van der Waals surface area contributed by atoms with Crippen LogP contribution >= 0.6 is 0 Å². The molecule has 0 saturated heterocycles. The maximum absolute atomic E-state index is 9.25. The fourth-order valence-electron chi connectivity index (χ4n) is 0.642. The second kappa shape index (κ2) is 13.4. The maximum Gasteiger partial charge on any atom is 2.00 e. The van der Waals surface area contributed by atoms with Crippen LogP contribution in [0, 0.1) is 0 Å². The van der Waals surface area contributed by atoms with Crippen molar-refractivity contribution in [1.82, 2.24) is 0 Å². The fraction of sp³-hybridized carbons (Fsp3) is 0. The molecule has 0 atom stereocenters. The Morgan fingerprint density at radius 1 is 1.00 bits per heavy atom. The van der Waals surface area contributed by atoms with Gasteiger partial charge in [-0.3, -0.25) is 0 Å². The van der Waals surface area contributed by atoms with Gasteiger partial charge in [0.25, 0.3) is 0 Å². The van der Waals surface area contributed by atoms with Crippen LogP contribution in [-0.4, -0.2) is 11.1 Å². The molecule has 0 unspecified atom stereocenters. The topological polar surface area (TPSA) is 37.3 Å². The Morgan fingerprint density at radius 2 is 1.25 bits per heavy atom. The van der Waals surface area contributed by atoms with Crippen LogP contribution in [0.25, 0.3) is 0 Å². The molecule has 0 bridgehead atoms. The minimum Gasteiger partial charge on any atom is -0.478 e. The molecule has 0 radical (unpaired) electrons. The van der Waals surface area contributed by atoms with Crippen molar-refractivity contribution in [1.29, 1.82) is 0 Å². The Kier molecular flexibility index (Phi) is 14.1.